The Bertz CT molecular complexity index is 146. The summed E-state index contributed by atoms with van der Waals surface area (Å²) in [5, 5.41) is 0. The summed E-state index contributed by atoms with van der Waals surface area (Å²) in [6.07, 6.45) is 6.70. The molecule has 0 aromatic heterocycles. The second-order valence-electron chi connectivity index (χ2n) is 3.34. The number of hydrogen-bond acceptors (Lipinski definition) is 1. The Kier molecular flexibility index (Phi) is 6.73. The van der Waals surface area contributed by atoms with Crippen molar-refractivity contribution < 1.29 is 0 Å². The lowest BCUT2D eigenvalue weighted by Crippen LogP contribution is -1.88. The summed E-state index contributed by atoms with van der Waals surface area (Å²) in [6.45, 7) is 8.62. The zero-order chi connectivity index (χ0) is 9.40. The minimum Gasteiger partial charge on any atom is -0.266 e. The van der Waals surface area contributed by atoms with Gasteiger partial charge in [0.25, 0.3) is 0 Å². The monoisotopic (exact) mass is 167 g/mol. The SMILES string of the molecule is CCC/C(C)=C\N=C(/C)CCC. The van der Waals surface area contributed by atoms with Crippen LogP contribution in [0.5, 0.6) is 0 Å². The van der Waals surface area contributed by atoms with Crippen molar-refractivity contribution in [2.24, 2.45) is 4.99 Å². The molecule has 12 heavy (non-hydrogen) atoms. The van der Waals surface area contributed by atoms with Crippen LogP contribution in [0.2, 0.25) is 0 Å². The molecule has 0 atom stereocenters. The second-order valence-corrected chi connectivity index (χ2v) is 3.34. The summed E-state index contributed by atoms with van der Waals surface area (Å²) < 4.78 is 0. The summed E-state index contributed by atoms with van der Waals surface area (Å²) >= 11 is 0. The fourth-order valence-electron chi connectivity index (χ4n) is 1.11. The largest absolute Gasteiger partial charge is 0.266 e. The average molecular weight is 167 g/mol. The Balaban J connectivity index is 3.89. The van der Waals surface area contributed by atoms with Crippen LogP contribution in [0.4, 0.5) is 0 Å². The maximum Gasteiger partial charge on any atom is 0.0256 e. The van der Waals surface area contributed by atoms with Gasteiger partial charge in [0.05, 0.1) is 0 Å². The Labute approximate surface area is 76.6 Å². The van der Waals surface area contributed by atoms with Crippen molar-refractivity contribution in [2.45, 2.75) is 53.4 Å². The molecule has 0 aromatic carbocycles. The molecule has 0 unspecified atom stereocenters. The zero-order valence-electron chi connectivity index (χ0n) is 8.85. The van der Waals surface area contributed by atoms with Gasteiger partial charge in [-0.1, -0.05) is 32.3 Å². The van der Waals surface area contributed by atoms with E-state index < -0.39 is 0 Å². The van der Waals surface area contributed by atoms with Crippen molar-refractivity contribution >= 4 is 5.71 Å². The third-order valence-electron chi connectivity index (χ3n) is 1.76. The molecule has 0 radical (unpaired) electrons. The quantitative estimate of drug-likeness (QED) is 0.550. The Hall–Kier alpha value is -0.590. The van der Waals surface area contributed by atoms with Crippen LogP contribution in [-0.4, -0.2) is 5.71 Å². The van der Waals surface area contributed by atoms with E-state index in [9.17, 15) is 0 Å². The fraction of sp³-hybridized carbons (Fsp3) is 0.727. The molecule has 0 bridgehead atoms. The average Bonchev–Trinajstić information content (AvgIpc) is 2.02. The van der Waals surface area contributed by atoms with Gasteiger partial charge >= 0.3 is 0 Å². The van der Waals surface area contributed by atoms with Crippen molar-refractivity contribution in [3.63, 3.8) is 0 Å². The Morgan fingerprint density at radius 2 is 1.67 bits per heavy atom. The molecule has 0 spiro atoms. The normalized spacial score (nSPS) is 13.7. The number of nitrogens with zero attached hydrogens (tertiary/aromatic N) is 1. The van der Waals surface area contributed by atoms with Gasteiger partial charge in [0.1, 0.15) is 0 Å². The summed E-state index contributed by atoms with van der Waals surface area (Å²) in [6, 6.07) is 0. The van der Waals surface area contributed by atoms with Gasteiger partial charge < -0.3 is 0 Å². The van der Waals surface area contributed by atoms with Crippen LogP contribution in [0.25, 0.3) is 0 Å². The first-order chi connectivity index (χ1) is 5.70. The first kappa shape index (κ1) is 11.4. The number of hydrogen-bond donors (Lipinski definition) is 0. The molecule has 1 nitrogen and oxygen atoms in total. The van der Waals surface area contributed by atoms with Crippen molar-refractivity contribution in [2.75, 3.05) is 0 Å². The van der Waals surface area contributed by atoms with Gasteiger partial charge in [-0.05, 0) is 26.7 Å². The van der Waals surface area contributed by atoms with Crippen LogP contribution in [0, 0.1) is 0 Å². The molecule has 1 heteroatoms. The molecule has 0 aliphatic carbocycles. The number of rotatable bonds is 5. The topological polar surface area (TPSA) is 12.4 Å². The molecule has 0 saturated carbocycles. The minimum absolute atomic E-state index is 1.12. The lowest BCUT2D eigenvalue weighted by atomic mass is 10.2. The van der Waals surface area contributed by atoms with Crippen LogP contribution in [0.3, 0.4) is 0 Å². The van der Waals surface area contributed by atoms with E-state index in [1.165, 1.54) is 30.5 Å². The summed E-state index contributed by atoms with van der Waals surface area (Å²) in [5.74, 6) is 0. The van der Waals surface area contributed by atoms with Crippen LogP contribution < -0.4 is 0 Å². The molecular formula is C11H21N. The van der Waals surface area contributed by atoms with Gasteiger partial charge in [0, 0.05) is 11.9 Å². The van der Waals surface area contributed by atoms with Gasteiger partial charge in [-0.2, -0.15) is 0 Å². The highest BCUT2D eigenvalue weighted by Gasteiger charge is 1.87. The Morgan fingerprint density at radius 3 is 2.17 bits per heavy atom. The van der Waals surface area contributed by atoms with Gasteiger partial charge in [-0.25, -0.2) is 0 Å². The third kappa shape index (κ3) is 6.14. The molecule has 70 valence electrons. The van der Waals surface area contributed by atoms with E-state index in [4.69, 9.17) is 0 Å². The van der Waals surface area contributed by atoms with Gasteiger partial charge in [-0.3, -0.25) is 4.99 Å². The van der Waals surface area contributed by atoms with Gasteiger partial charge in [0.2, 0.25) is 0 Å². The van der Waals surface area contributed by atoms with Crippen molar-refractivity contribution in [3.8, 4) is 0 Å². The Morgan fingerprint density at radius 1 is 1.08 bits per heavy atom. The molecule has 0 saturated heterocycles. The summed E-state index contributed by atoms with van der Waals surface area (Å²) in [7, 11) is 0. The smallest absolute Gasteiger partial charge is 0.0256 e. The van der Waals surface area contributed by atoms with E-state index >= 15 is 0 Å². The molecule has 0 fully saturated rings. The van der Waals surface area contributed by atoms with E-state index in [1.807, 2.05) is 6.20 Å². The van der Waals surface area contributed by atoms with Crippen molar-refractivity contribution in [3.05, 3.63) is 11.8 Å². The summed E-state index contributed by atoms with van der Waals surface area (Å²) in [4.78, 5) is 4.39. The molecule has 0 rings (SSSR count). The predicted octanol–water partition coefficient (Wildman–Crippen LogP) is 3.95. The van der Waals surface area contributed by atoms with Crippen molar-refractivity contribution in [1.29, 1.82) is 0 Å². The maximum atomic E-state index is 4.39. The predicted molar refractivity (Wildman–Crippen MR) is 56.7 cm³/mol. The van der Waals surface area contributed by atoms with Gasteiger partial charge in [-0.15, -0.1) is 0 Å². The maximum absolute atomic E-state index is 4.39. The van der Waals surface area contributed by atoms with E-state index in [0.29, 0.717) is 0 Å². The van der Waals surface area contributed by atoms with Gasteiger partial charge in [0.15, 0.2) is 0 Å². The third-order valence-corrected chi connectivity index (χ3v) is 1.76. The molecular weight excluding hydrogens is 146 g/mol. The first-order valence-corrected chi connectivity index (χ1v) is 4.89. The van der Waals surface area contributed by atoms with Crippen molar-refractivity contribution in [1.82, 2.24) is 0 Å². The van der Waals surface area contributed by atoms with Crippen LogP contribution in [0.15, 0.2) is 16.8 Å². The minimum atomic E-state index is 1.12. The van der Waals surface area contributed by atoms with Crippen LogP contribution in [-0.2, 0) is 0 Å². The molecule has 0 heterocycles. The molecule has 0 amide bonds. The zero-order valence-corrected chi connectivity index (χ0v) is 8.85. The number of allylic oxidation sites excluding steroid dienone is 1. The van der Waals surface area contributed by atoms with Crippen LogP contribution in [0.1, 0.15) is 53.4 Å². The van der Waals surface area contributed by atoms with E-state index in [-0.39, 0.29) is 0 Å². The van der Waals surface area contributed by atoms with Crippen LogP contribution >= 0.6 is 0 Å². The van der Waals surface area contributed by atoms with E-state index in [1.54, 1.807) is 0 Å². The second kappa shape index (κ2) is 7.08. The first-order valence-electron chi connectivity index (χ1n) is 4.89. The lowest BCUT2D eigenvalue weighted by Gasteiger charge is -1.96. The molecule has 0 N–H and O–H groups in total. The highest BCUT2D eigenvalue weighted by atomic mass is 14.7. The standard InChI is InChI=1S/C11H21N/c1-5-7-10(3)9-12-11(4)8-6-2/h9H,5-8H2,1-4H3/b10-9-,12-11+. The molecule has 0 aliphatic rings. The number of aliphatic imine (C=N–C) groups is 1. The molecule has 0 aliphatic heterocycles. The highest BCUT2D eigenvalue weighted by Crippen LogP contribution is 2.03. The lowest BCUT2D eigenvalue weighted by molar-refractivity contribution is 0.900. The van der Waals surface area contributed by atoms with E-state index in [2.05, 4.69) is 32.7 Å². The fourth-order valence-corrected chi connectivity index (χ4v) is 1.11. The highest BCUT2D eigenvalue weighted by molar-refractivity contribution is 5.82. The van der Waals surface area contributed by atoms with E-state index in [0.717, 1.165) is 6.42 Å². The summed E-state index contributed by atoms with van der Waals surface area (Å²) in [5.41, 5.74) is 2.63. The molecule has 0 aromatic rings.